The summed E-state index contributed by atoms with van der Waals surface area (Å²) < 4.78 is 0. The van der Waals surface area contributed by atoms with E-state index < -0.39 is 0 Å². The molecule has 11 heavy (non-hydrogen) atoms. The van der Waals surface area contributed by atoms with Crippen molar-refractivity contribution in [2.45, 2.75) is 0 Å². The van der Waals surface area contributed by atoms with Crippen molar-refractivity contribution in [3.8, 4) is 0 Å². The van der Waals surface area contributed by atoms with Crippen LogP contribution in [0.1, 0.15) is 10.5 Å². The highest BCUT2D eigenvalue weighted by Crippen LogP contribution is 2.10. The normalized spacial score (nSPS) is 10.2. The lowest BCUT2D eigenvalue weighted by Gasteiger charge is -1.83. The molecule has 0 amide bonds. The summed E-state index contributed by atoms with van der Waals surface area (Å²) in [5, 5.41) is 7.26. The first kappa shape index (κ1) is 6.03. The average molecular weight is 147 g/mol. The first-order chi connectivity index (χ1) is 5.42. The van der Waals surface area contributed by atoms with Gasteiger partial charge >= 0.3 is 0 Å². The summed E-state index contributed by atoms with van der Waals surface area (Å²) in [6.07, 6.45) is 3.98. The number of aromatic nitrogens is 3. The van der Waals surface area contributed by atoms with Crippen molar-refractivity contribution in [1.82, 2.24) is 15.2 Å². The molecule has 0 saturated carbocycles. The van der Waals surface area contributed by atoms with Gasteiger partial charge in [0.15, 0.2) is 6.29 Å². The van der Waals surface area contributed by atoms with Crippen molar-refractivity contribution in [2.75, 3.05) is 0 Å². The number of carbonyl (C=O) groups is 1. The molecule has 2 rings (SSSR count). The number of carbonyl (C=O) groups excluding carboxylic acids is 1. The molecule has 0 aliphatic carbocycles. The quantitative estimate of drug-likeness (QED) is 0.606. The molecule has 0 unspecified atom stereocenters. The van der Waals surface area contributed by atoms with Crippen LogP contribution in [0.2, 0.25) is 0 Å². The Morgan fingerprint density at radius 3 is 3.27 bits per heavy atom. The van der Waals surface area contributed by atoms with E-state index in [0.717, 1.165) is 17.2 Å². The van der Waals surface area contributed by atoms with Gasteiger partial charge in [0.25, 0.3) is 0 Å². The summed E-state index contributed by atoms with van der Waals surface area (Å²) in [6.45, 7) is 0. The molecule has 0 spiro atoms. The summed E-state index contributed by atoms with van der Waals surface area (Å²) in [5.74, 6) is 0. The molecule has 54 valence electrons. The van der Waals surface area contributed by atoms with E-state index in [4.69, 9.17) is 0 Å². The van der Waals surface area contributed by atoms with Crippen LogP contribution in [0, 0.1) is 0 Å². The second-order valence-corrected chi connectivity index (χ2v) is 2.15. The zero-order chi connectivity index (χ0) is 7.68. The van der Waals surface area contributed by atoms with Crippen molar-refractivity contribution in [1.29, 1.82) is 0 Å². The Balaban J connectivity index is 2.86. The summed E-state index contributed by atoms with van der Waals surface area (Å²) in [6, 6.07) is 1.75. The molecule has 0 bridgehead atoms. The summed E-state index contributed by atoms with van der Waals surface area (Å²) in [7, 11) is 0. The molecule has 0 aliphatic rings. The van der Waals surface area contributed by atoms with Crippen LogP contribution in [0.15, 0.2) is 18.5 Å². The van der Waals surface area contributed by atoms with E-state index in [1.165, 1.54) is 0 Å². The Bertz CT molecular complexity index is 393. The number of nitrogens with zero attached hydrogens (tertiary/aromatic N) is 2. The standard InChI is InChI=1S/C7H5N3O/c11-4-7-5-3-8-2-1-6(5)9-10-7/h1-4H,(H,9,10). The fourth-order valence-corrected chi connectivity index (χ4v) is 0.963. The van der Waals surface area contributed by atoms with Gasteiger partial charge in [-0.2, -0.15) is 5.10 Å². The molecule has 2 aromatic heterocycles. The summed E-state index contributed by atoms with van der Waals surface area (Å²) in [5.41, 5.74) is 1.25. The number of hydrogen-bond acceptors (Lipinski definition) is 3. The Hall–Kier alpha value is -1.71. The predicted molar refractivity (Wildman–Crippen MR) is 39.3 cm³/mol. The molecule has 0 fully saturated rings. The minimum absolute atomic E-state index is 0.480. The highest BCUT2D eigenvalue weighted by Gasteiger charge is 2.01. The van der Waals surface area contributed by atoms with Gasteiger partial charge in [0, 0.05) is 17.8 Å². The second-order valence-electron chi connectivity index (χ2n) is 2.15. The first-order valence-corrected chi connectivity index (χ1v) is 3.15. The van der Waals surface area contributed by atoms with E-state index in [1.54, 1.807) is 18.5 Å². The van der Waals surface area contributed by atoms with Crippen molar-refractivity contribution < 1.29 is 4.79 Å². The number of hydrogen-bond donors (Lipinski definition) is 1. The summed E-state index contributed by atoms with van der Waals surface area (Å²) >= 11 is 0. The van der Waals surface area contributed by atoms with Gasteiger partial charge in [-0.05, 0) is 6.07 Å². The van der Waals surface area contributed by atoms with E-state index in [9.17, 15) is 4.79 Å². The second kappa shape index (κ2) is 2.16. The third-order valence-electron chi connectivity index (χ3n) is 1.50. The van der Waals surface area contributed by atoms with Crippen molar-refractivity contribution >= 4 is 17.2 Å². The number of rotatable bonds is 1. The first-order valence-electron chi connectivity index (χ1n) is 3.15. The molecular formula is C7H5N3O. The van der Waals surface area contributed by atoms with Gasteiger partial charge in [0.1, 0.15) is 5.69 Å². The molecule has 0 aliphatic heterocycles. The number of fused-ring (bicyclic) bond motifs is 1. The van der Waals surface area contributed by atoms with Gasteiger partial charge in [0.05, 0.1) is 5.52 Å². The topological polar surface area (TPSA) is 58.6 Å². The largest absolute Gasteiger partial charge is 0.296 e. The zero-order valence-corrected chi connectivity index (χ0v) is 5.61. The Kier molecular flexibility index (Phi) is 1.18. The molecule has 4 nitrogen and oxygen atoms in total. The maximum Gasteiger partial charge on any atom is 0.168 e. The van der Waals surface area contributed by atoms with Gasteiger partial charge in [-0.1, -0.05) is 0 Å². The van der Waals surface area contributed by atoms with E-state index in [-0.39, 0.29) is 0 Å². The number of pyridine rings is 1. The van der Waals surface area contributed by atoms with Gasteiger partial charge in [-0.25, -0.2) is 0 Å². The number of aromatic amines is 1. The van der Waals surface area contributed by atoms with Gasteiger partial charge in [0.2, 0.25) is 0 Å². The van der Waals surface area contributed by atoms with Crippen molar-refractivity contribution in [3.05, 3.63) is 24.2 Å². The number of aldehydes is 1. The van der Waals surface area contributed by atoms with Crippen LogP contribution in [0.4, 0.5) is 0 Å². The average Bonchev–Trinajstić information content (AvgIpc) is 2.47. The van der Waals surface area contributed by atoms with Crippen LogP contribution < -0.4 is 0 Å². The van der Waals surface area contributed by atoms with Gasteiger partial charge in [-0.3, -0.25) is 14.9 Å². The molecule has 0 atom stereocenters. The maximum absolute atomic E-state index is 10.4. The van der Waals surface area contributed by atoms with Crippen LogP contribution in [0.5, 0.6) is 0 Å². The highest BCUT2D eigenvalue weighted by atomic mass is 16.1. The van der Waals surface area contributed by atoms with E-state index in [2.05, 4.69) is 15.2 Å². The maximum atomic E-state index is 10.4. The van der Waals surface area contributed by atoms with Gasteiger partial charge < -0.3 is 0 Å². The van der Waals surface area contributed by atoms with E-state index in [1.807, 2.05) is 0 Å². The van der Waals surface area contributed by atoms with Crippen LogP contribution in [-0.2, 0) is 0 Å². The molecule has 2 aromatic rings. The molecule has 2 heterocycles. The molecule has 1 N–H and O–H groups in total. The smallest absolute Gasteiger partial charge is 0.168 e. The van der Waals surface area contributed by atoms with Crippen molar-refractivity contribution in [3.63, 3.8) is 0 Å². The van der Waals surface area contributed by atoms with Crippen LogP contribution in [0.3, 0.4) is 0 Å². The highest BCUT2D eigenvalue weighted by molar-refractivity contribution is 5.93. The zero-order valence-electron chi connectivity index (χ0n) is 5.61. The summed E-state index contributed by atoms with van der Waals surface area (Å²) in [4.78, 5) is 14.3. The number of H-pyrrole nitrogens is 1. The van der Waals surface area contributed by atoms with Crippen LogP contribution in [-0.4, -0.2) is 21.5 Å². The van der Waals surface area contributed by atoms with E-state index >= 15 is 0 Å². The monoisotopic (exact) mass is 147 g/mol. The fourth-order valence-electron chi connectivity index (χ4n) is 0.963. The minimum Gasteiger partial charge on any atom is -0.296 e. The molecule has 0 saturated heterocycles. The Morgan fingerprint density at radius 1 is 1.55 bits per heavy atom. The van der Waals surface area contributed by atoms with Crippen LogP contribution >= 0.6 is 0 Å². The lowest BCUT2D eigenvalue weighted by atomic mass is 10.3. The Morgan fingerprint density at radius 2 is 2.45 bits per heavy atom. The number of nitrogens with one attached hydrogen (secondary N) is 1. The predicted octanol–water partition coefficient (Wildman–Crippen LogP) is 0.770. The lowest BCUT2D eigenvalue weighted by Crippen LogP contribution is -1.78. The molecule has 0 aromatic carbocycles. The minimum atomic E-state index is 0.480. The van der Waals surface area contributed by atoms with Gasteiger partial charge in [-0.15, -0.1) is 0 Å². The third kappa shape index (κ3) is 0.797. The SMILES string of the molecule is O=Cc1[nH]nc2ccncc12. The molecule has 0 radical (unpaired) electrons. The van der Waals surface area contributed by atoms with E-state index in [0.29, 0.717) is 5.69 Å². The third-order valence-corrected chi connectivity index (χ3v) is 1.50. The van der Waals surface area contributed by atoms with Crippen LogP contribution in [0.25, 0.3) is 10.9 Å². The molecule has 4 heteroatoms. The Labute approximate surface area is 62.3 Å². The lowest BCUT2D eigenvalue weighted by molar-refractivity contribution is 0.112. The fraction of sp³-hybridized carbons (Fsp3) is 0. The molecular weight excluding hydrogens is 142 g/mol. The van der Waals surface area contributed by atoms with Crippen molar-refractivity contribution in [2.24, 2.45) is 0 Å².